The largest absolute Gasteiger partial charge is 0.472 e. The first-order valence-corrected chi connectivity index (χ1v) is 6.44. The molecule has 0 unspecified atom stereocenters. The lowest BCUT2D eigenvalue weighted by Gasteiger charge is -2.26. The second kappa shape index (κ2) is 6.07. The lowest BCUT2D eigenvalue weighted by Crippen LogP contribution is -2.36. The summed E-state index contributed by atoms with van der Waals surface area (Å²) in [5, 5.41) is 8.79. The first-order valence-electron chi connectivity index (χ1n) is 6.44. The summed E-state index contributed by atoms with van der Waals surface area (Å²) in [7, 11) is 0. The Morgan fingerprint density at radius 2 is 2.00 bits per heavy atom. The number of carbonyl (C=O) groups excluding carboxylic acids is 1. The third kappa shape index (κ3) is 3.07. The van der Waals surface area contributed by atoms with Crippen molar-refractivity contribution in [2.45, 2.75) is 26.4 Å². The minimum absolute atomic E-state index is 0.0573. The highest BCUT2D eigenvalue weighted by Crippen LogP contribution is 2.14. The number of carbonyl (C=O) groups is 1. The quantitative estimate of drug-likeness (QED) is 0.855. The molecule has 0 atom stereocenters. The van der Waals surface area contributed by atoms with Crippen LogP contribution in [0.3, 0.4) is 0 Å². The van der Waals surface area contributed by atoms with Crippen LogP contribution in [0.25, 0.3) is 0 Å². The normalized spacial score (nSPS) is 10.3. The maximum Gasteiger partial charge on any atom is 0.257 e. The molecular formula is C16H16N2O2. The second-order valence-corrected chi connectivity index (χ2v) is 4.85. The van der Waals surface area contributed by atoms with Gasteiger partial charge in [0.25, 0.3) is 5.91 Å². The van der Waals surface area contributed by atoms with Crippen molar-refractivity contribution in [1.29, 1.82) is 5.26 Å². The Hall–Kier alpha value is -2.54. The van der Waals surface area contributed by atoms with Gasteiger partial charge in [-0.25, -0.2) is 0 Å². The third-order valence-corrected chi connectivity index (χ3v) is 3.09. The van der Waals surface area contributed by atoms with Gasteiger partial charge >= 0.3 is 0 Å². The SMILES string of the molecule is CC(C)N(Cc1ccc(C#N)cc1)C(=O)c1ccoc1. The summed E-state index contributed by atoms with van der Waals surface area (Å²) in [6, 6.07) is 11.1. The van der Waals surface area contributed by atoms with E-state index in [4.69, 9.17) is 9.68 Å². The van der Waals surface area contributed by atoms with Crippen LogP contribution >= 0.6 is 0 Å². The standard InChI is InChI=1S/C16H16N2O2/c1-12(2)18(16(19)15-7-8-20-11-15)10-14-5-3-13(9-17)4-6-14/h3-8,11-12H,10H2,1-2H3. The van der Waals surface area contributed by atoms with Crippen molar-refractivity contribution >= 4 is 5.91 Å². The fourth-order valence-electron chi connectivity index (χ4n) is 1.92. The highest BCUT2D eigenvalue weighted by atomic mass is 16.3. The van der Waals surface area contributed by atoms with E-state index >= 15 is 0 Å². The van der Waals surface area contributed by atoms with E-state index < -0.39 is 0 Å². The molecule has 1 aromatic carbocycles. The van der Waals surface area contributed by atoms with Crippen molar-refractivity contribution in [3.63, 3.8) is 0 Å². The molecule has 0 spiro atoms. The average molecular weight is 268 g/mol. The van der Waals surface area contributed by atoms with Crippen LogP contribution in [0.2, 0.25) is 0 Å². The van der Waals surface area contributed by atoms with Crippen LogP contribution in [-0.4, -0.2) is 16.8 Å². The summed E-state index contributed by atoms with van der Waals surface area (Å²) >= 11 is 0. The molecule has 0 saturated carbocycles. The maximum atomic E-state index is 12.4. The number of benzene rings is 1. The summed E-state index contributed by atoms with van der Waals surface area (Å²) < 4.78 is 4.96. The van der Waals surface area contributed by atoms with Crippen LogP contribution < -0.4 is 0 Å². The van der Waals surface area contributed by atoms with Gasteiger partial charge in [-0.3, -0.25) is 4.79 Å². The van der Waals surface area contributed by atoms with Gasteiger partial charge in [0, 0.05) is 12.6 Å². The highest BCUT2D eigenvalue weighted by Gasteiger charge is 2.19. The Kier molecular flexibility index (Phi) is 4.21. The van der Waals surface area contributed by atoms with E-state index in [1.165, 1.54) is 12.5 Å². The summed E-state index contributed by atoms with van der Waals surface area (Å²) in [5.41, 5.74) is 2.16. The van der Waals surface area contributed by atoms with E-state index in [1.54, 1.807) is 23.1 Å². The minimum atomic E-state index is -0.0573. The third-order valence-electron chi connectivity index (χ3n) is 3.09. The first kappa shape index (κ1) is 13.9. The lowest BCUT2D eigenvalue weighted by molar-refractivity contribution is 0.0689. The molecule has 1 aromatic heterocycles. The molecule has 2 aromatic rings. The minimum Gasteiger partial charge on any atom is -0.472 e. The Morgan fingerprint density at radius 3 is 2.50 bits per heavy atom. The molecule has 102 valence electrons. The van der Waals surface area contributed by atoms with Crippen LogP contribution in [0.15, 0.2) is 47.3 Å². The molecule has 2 rings (SSSR count). The molecule has 4 heteroatoms. The van der Waals surface area contributed by atoms with Gasteiger partial charge in [-0.15, -0.1) is 0 Å². The van der Waals surface area contributed by atoms with E-state index in [9.17, 15) is 4.79 Å². The number of rotatable bonds is 4. The average Bonchev–Trinajstić information content (AvgIpc) is 2.98. The number of hydrogen-bond acceptors (Lipinski definition) is 3. The molecule has 0 aliphatic heterocycles. The van der Waals surface area contributed by atoms with Gasteiger partial charge in [-0.2, -0.15) is 5.26 Å². The topological polar surface area (TPSA) is 57.2 Å². The van der Waals surface area contributed by atoms with Crippen molar-refractivity contribution in [1.82, 2.24) is 4.90 Å². The predicted octanol–water partition coefficient (Wildman–Crippen LogP) is 3.20. The molecule has 1 amide bonds. The van der Waals surface area contributed by atoms with Crippen LogP contribution in [0.1, 0.15) is 35.3 Å². The smallest absolute Gasteiger partial charge is 0.257 e. The summed E-state index contributed by atoms with van der Waals surface area (Å²) in [6.45, 7) is 4.46. The van der Waals surface area contributed by atoms with E-state index in [1.807, 2.05) is 26.0 Å². The zero-order valence-corrected chi connectivity index (χ0v) is 11.5. The van der Waals surface area contributed by atoms with E-state index in [0.717, 1.165) is 5.56 Å². The molecule has 0 aliphatic rings. The van der Waals surface area contributed by atoms with Gasteiger partial charge in [-0.05, 0) is 37.6 Å². The first-order chi connectivity index (χ1) is 9.61. The number of nitriles is 1. The Balaban J connectivity index is 2.17. The van der Waals surface area contributed by atoms with Crippen LogP contribution in [0.5, 0.6) is 0 Å². The fraction of sp³-hybridized carbons (Fsp3) is 0.250. The number of amides is 1. The highest BCUT2D eigenvalue weighted by molar-refractivity contribution is 5.94. The Bertz CT molecular complexity index is 607. The molecule has 0 aliphatic carbocycles. The Morgan fingerprint density at radius 1 is 1.30 bits per heavy atom. The number of hydrogen-bond donors (Lipinski definition) is 0. The molecule has 1 heterocycles. The lowest BCUT2D eigenvalue weighted by atomic mass is 10.1. The molecule has 0 N–H and O–H groups in total. The predicted molar refractivity (Wildman–Crippen MR) is 74.9 cm³/mol. The van der Waals surface area contributed by atoms with Crippen molar-refractivity contribution in [2.75, 3.05) is 0 Å². The summed E-state index contributed by atoms with van der Waals surface area (Å²) in [5.74, 6) is -0.0573. The van der Waals surface area contributed by atoms with Gasteiger partial charge in [0.2, 0.25) is 0 Å². The maximum absolute atomic E-state index is 12.4. The molecule has 20 heavy (non-hydrogen) atoms. The van der Waals surface area contributed by atoms with E-state index in [2.05, 4.69) is 6.07 Å². The zero-order valence-electron chi connectivity index (χ0n) is 11.5. The van der Waals surface area contributed by atoms with E-state index in [0.29, 0.717) is 17.7 Å². The number of nitrogens with zero attached hydrogens (tertiary/aromatic N) is 2. The van der Waals surface area contributed by atoms with Crippen molar-refractivity contribution in [3.05, 3.63) is 59.5 Å². The van der Waals surface area contributed by atoms with Crippen molar-refractivity contribution in [2.24, 2.45) is 0 Å². The monoisotopic (exact) mass is 268 g/mol. The van der Waals surface area contributed by atoms with Crippen LogP contribution in [0.4, 0.5) is 0 Å². The number of furan rings is 1. The van der Waals surface area contributed by atoms with Crippen LogP contribution in [-0.2, 0) is 6.54 Å². The second-order valence-electron chi connectivity index (χ2n) is 4.85. The van der Waals surface area contributed by atoms with Gasteiger partial charge in [0.05, 0.1) is 23.5 Å². The van der Waals surface area contributed by atoms with Crippen molar-refractivity contribution in [3.8, 4) is 6.07 Å². The van der Waals surface area contributed by atoms with Gasteiger partial charge in [0.1, 0.15) is 6.26 Å². The Labute approximate surface area is 118 Å². The molecule has 0 bridgehead atoms. The molecular weight excluding hydrogens is 252 g/mol. The molecule has 0 fully saturated rings. The zero-order chi connectivity index (χ0) is 14.5. The summed E-state index contributed by atoms with van der Waals surface area (Å²) in [4.78, 5) is 14.2. The summed E-state index contributed by atoms with van der Waals surface area (Å²) in [6.07, 6.45) is 2.95. The van der Waals surface area contributed by atoms with Crippen molar-refractivity contribution < 1.29 is 9.21 Å². The fourth-order valence-corrected chi connectivity index (χ4v) is 1.92. The van der Waals surface area contributed by atoms with Gasteiger partial charge < -0.3 is 9.32 Å². The van der Waals surface area contributed by atoms with Gasteiger partial charge in [-0.1, -0.05) is 12.1 Å². The molecule has 0 radical (unpaired) electrons. The molecule has 4 nitrogen and oxygen atoms in total. The molecule has 0 saturated heterocycles. The van der Waals surface area contributed by atoms with E-state index in [-0.39, 0.29) is 11.9 Å². The van der Waals surface area contributed by atoms with Crippen LogP contribution in [0, 0.1) is 11.3 Å². The van der Waals surface area contributed by atoms with Gasteiger partial charge in [0.15, 0.2) is 0 Å².